The number of amides is 2. The number of benzene rings is 1. The minimum absolute atomic E-state index is 0.00916. The number of thiophene rings is 1. The quantitative estimate of drug-likeness (QED) is 0.661. The highest BCUT2D eigenvalue weighted by Crippen LogP contribution is 2.37. The lowest BCUT2D eigenvalue weighted by atomic mass is 9.93. The molecule has 1 aliphatic rings. The number of rotatable bonds is 8. The molecule has 6 heteroatoms. The molecule has 0 aliphatic carbocycles. The van der Waals surface area contributed by atoms with Crippen LogP contribution in [-0.4, -0.2) is 55.0 Å². The summed E-state index contributed by atoms with van der Waals surface area (Å²) in [5.41, 5.74) is 2.31. The minimum atomic E-state index is -0.0943. The van der Waals surface area contributed by atoms with E-state index in [9.17, 15) is 9.59 Å². The van der Waals surface area contributed by atoms with Gasteiger partial charge in [-0.1, -0.05) is 44.2 Å². The van der Waals surface area contributed by atoms with E-state index in [1.807, 2.05) is 36.9 Å². The fourth-order valence-electron chi connectivity index (χ4n) is 3.81. The van der Waals surface area contributed by atoms with Gasteiger partial charge >= 0.3 is 0 Å². The third-order valence-electron chi connectivity index (χ3n) is 5.23. The molecule has 2 amide bonds. The third kappa shape index (κ3) is 5.25. The van der Waals surface area contributed by atoms with Crippen LogP contribution in [0.15, 0.2) is 41.8 Å². The largest absolute Gasteiger partial charge is 0.383 e. The average Bonchev–Trinajstić information content (AvgIpc) is 3.19. The second kappa shape index (κ2) is 10.0. The van der Waals surface area contributed by atoms with Crippen LogP contribution in [0.2, 0.25) is 0 Å². The first-order chi connectivity index (χ1) is 14.0. The van der Waals surface area contributed by atoms with Gasteiger partial charge in [0.2, 0.25) is 11.8 Å². The number of fused-ring (bicyclic) bond motifs is 1. The van der Waals surface area contributed by atoms with Crippen LogP contribution < -0.4 is 0 Å². The van der Waals surface area contributed by atoms with Crippen molar-refractivity contribution in [1.29, 1.82) is 0 Å². The topological polar surface area (TPSA) is 49.9 Å². The third-order valence-corrected chi connectivity index (χ3v) is 6.23. The van der Waals surface area contributed by atoms with Crippen molar-refractivity contribution in [3.05, 3.63) is 57.8 Å². The van der Waals surface area contributed by atoms with Gasteiger partial charge in [0.25, 0.3) is 0 Å². The van der Waals surface area contributed by atoms with Gasteiger partial charge < -0.3 is 14.5 Å². The van der Waals surface area contributed by atoms with E-state index in [1.54, 1.807) is 23.3 Å². The summed E-state index contributed by atoms with van der Waals surface area (Å²) in [6, 6.07) is 12.2. The van der Waals surface area contributed by atoms with Gasteiger partial charge in [0, 0.05) is 31.5 Å². The molecule has 0 fully saturated rings. The van der Waals surface area contributed by atoms with E-state index in [0.717, 1.165) is 12.0 Å². The number of nitrogens with zero attached hydrogens (tertiary/aromatic N) is 2. The summed E-state index contributed by atoms with van der Waals surface area (Å²) in [6.07, 6.45) is 1.30. The first-order valence-electron chi connectivity index (χ1n) is 10.2. The van der Waals surface area contributed by atoms with Gasteiger partial charge in [0.05, 0.1) is 19.2 Å². The molecule has 5 nitrogen and oxygen atoms in total. The zero-order valence-electron chi connectivity index (χ0n) is 17.5. The van der Waals surface area contributed by atoms with Crippen LogP contribution in [0.5, 0.6) is 0 Å². The SMILES string of the molecule is COCCN(CC(=O)N1CCc2sccc2[C@H]1c1ccccc1)C(=O)CC(C)C. The highest BCUT2D eigenvalue weighted by molar-refractivity contribution is 7.10. The maximum absolute atomic E-state index is 13.4. The van der Waals surface area contributed by atoms with Gasteiger partial charge in [-0.15, -0.1) is 11.3 Å². The van der Waals surface area contributed by atoms with Crippen LogP contribution in [0.3, 0.4) is 0 Å². The maximum atomic E-state index is 13.4. The van der Waals surface area contributed by atoms with Crippen LogP contribution in [0, 0.1) is 5.92 Å². The van der Waals surface area contributed by atoms with E-state index in [4.69, 9.17) is 4.74 Å². The van der Waals surface area contributed by atoms with Gasteiger partial charge in [0.1, 0.15) is 0 Å². The molecule has 0 saturated heterocycles. The van der Waals surface area contributed by atoms with Gasteiger partial charge in [-0.25, -0.2) is 0 Å². The van der Waals surface area contributed by atoms with Crippen molar-refractivity contribution in [1.82, 2.24) is 9.80 Å². The summed E-state index contributed by atoms with van der Waals surface area (Å²) in [4.78, 5) is 31.0. The standard InChI is InChI=1S/C23H30N2O3S/c1-17(2)15-21(26)24(12-13-28-3)16-22(27)25-11-9-20-19(10-14-29-20)23(25)18-7-5-4-6-8-18/h4-8,10,14,17,23H,9,11-13,15-16H2,1-3H3/t23-/m1/s1. The highest BCUT2D eigenvalue weighted by atomic mass is 32.1. The summed E-state index contributed by atoms with van der Waals surface area (Å²) in [5.74, 6) is 0.252. The molecule has 3 rings (SSSR count). The molecule has 29 heavy (non-hydrogen) atoms. The van der Waals surface area contributed by atoms with Crippen LogP contribution in [-0.2, 0) is 20.7 Å². The lowest BCUT2D eigenvalue weighted by molar-refractivity contribution is -0.142. The van der Waals surface area contributed by atoms with Crippen molar-refractivity contribution in [2.75, 3.05) is 33.4 Å². The van der Waals surface area contributed by atoms with Gasteiger partial charge in [0.15, 0.2) is 0 Å². The number of methoxy groups -OCH3 is 1. The molecule has 156 valence electrons. The molecule has 2 heterocycles. The van der Waals surface area contributed by atoms with Crippen LogP contribution in [0.4, 0.5) is 0 Å². The molecule has 2 aromatic rings. The summed E-state index contributed by atoms with van der Waals surface area (Å²) < 4.78 is 5.16. The zero-order valence-corrected chi connectivity index (χ0v) is 18.3. The number of hydrogen-bond donors (Lipinski definition) is 0. The molecule has 1 aliphatic heterocycles. The first kappa shape index (κ1) is 21.5. The molecule has 1 aromatic carbocycles. The normalized spacial score (nSPS) is 16.0. The van der Waals surface area contributed by atoms with E-state index >= 15 is 0 Å². The Morgan fingerprint density at radius 3 is 2.69 bits per heavy atom. The van der Waals surface area contributed by atoms with E-state index in [2.05, 4.69) is 23.6 Å². The van der Waals surface area contributed by atoms with E-state index < -0.39 is 0 Å². The lowest BCUT2D eigenvalue weighted by Crippen LogP contribution is -2.47. The number of carbonyl (C=O) groups excluding carboxylic acids is 2. The second-order valence-corrected chi connectivity index (χ2v) is 8.86. The Balaban J connectivity index is 1.82. The second-order valence-electron chi connectivity index (χ2n) is 7.86. The van der Waals surface area contributed by atoms with Gasteiger partial charge in [-0.05, 0) is 34.9 Å². The Labute approximate surface area is 177 Å². The number of carbonyl (C=O) groups is 2. The molecule has 1 atom stereocenters. The van der Waals surface area contributed by atoms with Crippen molar-refractivity contribution in [2.45, 2.75) is 32.7 Å². The Morgan fingerprint density at radius 2 is 2.00 bits per heavy atom. The Hall–Kier alpha value is -2.18. The Morgan fingerprint density at radius 1 is 1.24 bits per heavy atom. The molecule has 0 spiro atoms. The molecular formula is C23H30N2O3S. The molecule has 1 aromatic heterocycles. The number of ether oxygens (including phenoxy) is 1. The summed E-state index contributed by atoms with van der Waals surface area (Å²) in [6.45, 7) is 5.65. The van der Waals surface area contributed by atoms with Gasteiger partial charge in [-0.3, -0.25) is 9.59 Å². The van der Waals surface area contributed by atoms with Crippen LogP contribution >= 0.6 is 11.3 Å². The number of hydrogen-bond acceptors (Lipinski definition) is 4. The van der Waals surface area contributed by atoms with Crippen LogP contribution in [0.1, 0.15) is 42.3 Å². The fourth-order valence-corrected chi connectivity index (χ4v) is 4.71. The molecular weight excluding hydrogens is 384 g/mol. The van der Waals surface area contributed by atoms with E-state index in [0.29, 0.717) is 26.1 Å². The predicted octanol–water partition coefficient (Wildman–Crippen LogP) is 3.74. The van der Waals surface area contributed by atoms with E-state index in [-0.39, 0.29) is 30.3 Å². The Kier molecular flexibility index (Phi) is 7.45. The van der Waals surface area contributed by atoms with E-state index in [1.165, 1.54) is 10.4 Å². The minimum Gasteiger partial charge on any atom is -0.383 e. The lowest BCUT2D eigenvalue weighted by Gasteiger charge is -2.37. The molecule has 0 N–H and O–H groups in total. The summed E-state index contributed by atoms with van der Waals surface area (Å²) >= 11 is 1.76. The van der Waals surface area contributed by atoms with Crippen molar-refractivity contribution < 1.29 is 14.3 Å². The van der Waals surface area contributed by atoms with Gasteiger partial charge in [-0.2, -0.15) is 0 Å². The average molecular weight is 415 g/mol. The summed E-state index contributed by atoms with van der Waals surface area (Å²) in [5, 5.41) is 2.10. The monoisotopic (exact) mass is 414 g/mol. The predicted molar refractivity (Wildman–Crippen MR) is 116 cm³/mol. The Bertz CT molecular complexity index is 819. The molecule has 0 saturated carbocycles. The van der Waals surface area contributed by atoms with Crippen molar-refractivity contribution in [2.24, 2.45) is 5.92 Å². The molecule has 0 unspecified atom stereocenters. The maximum Gasteiger partial charge on any atom is 0.242 e. The van der Waals surface area contributed by atoms with Crippen molar-refractivity contribution in [3.8, 4) is 0 Å². The zero-order chi connectivity index (χ0) is 20.8. The van der Waals surface area contributed by atoms with Crippen molar-refractivity contribution in [3.63, 3.8) is 0 Å². The first-order valence-corrected chi connectivity index (χ1v) is 11.1. The molecule has 0 radical (unpaired) electrons. The smallest absolute Gasteiger partial charge is 0.242 e. The summed E-state index contributed by atoms with van der Waals surface area (Å²) in [7, 11) is 1.61. The van der Waals surface area contributed by atoms with Crippen LogP contribution in [0.25, 0.3) is 0 Å². The fraction of sp³-hybridized carbons (Fsp3) is 0.478. The molecule has 0 bridgehead atoms. The van der Waals surface area contributed by atoms with Crippen molar-refractivity contribution >= 4 is 23.2 Å². The highest BCUT2D eigenvalue weighted by Gasteiger charge is 2.33.